The van der Waals surface area contributed by atoms with Crippen molar-refractivity contribution in [3.05, 3.63) is 35.2 Å². The van der Waals surface area contributed by atoms with Gasteiger partial charge in [-0.25, -0.2) is 14.4 Å². The summed E-state index contributed by atoms with van der Waals surface area (Å²) in [4.78, 5) is 11.2. The maximum absolute atomic E-state index is 14.3. The van der Waals surface area contributed by atoms with Gasteiger partial charge in [-0.2, -0.15) is 5.10 Å². The Morgan fingerprint density at radius 3 is 3.04 bits per heavy atom. The minimum atomic E-state index is -0.501. The highest BCUT2D eigenvalue weighted by Gasteiger charge is 2.30. The zero-order valence-corrected chi connectivity index (χ0v) is 15.2. The largest absolute Gasteiger partial charge is 0.355 e. The summed E-state index contributed by atoms with van der Waals surface area (Å²) in [5, 5.41) is 7.12. The van der Waals surface area contributed by atoms with Gasteiger partial charge in [0.25, 0.3) is 0 Å². The molecule has 1 fully saturated rings. The van der Waals surface area contributed by atoms with E-state index in [1.165, 1.54) is 12.5 Å². The van der Waals surface area contributed by atoms with Crippen molar-refractivity contribution in [1.82, 2.24) is 20.2 Å². The number of hydrogen-bond acceptors (Lipinski definition) is 5. The number of aromatic amines is 1. The summed E-state index contributed by atoms with van der Waals surface area (Å²) >= 11 is 5.89. The first-order valence-electron chi connectivity index (χ1n) is 8.68. The van der Waals surface area contributed by atoms with E-state index in [2.05, 4.69) is 25.1 Å². The minimum Gasteiger partial charge on any atom is -0.355 e. The van der Waals surface area contributed by atoms with Crippen molar-refractivity contribution in [3.63, 3.8) is 0 Å². The van der Waals surface area contributed by atoms with Crippen LogP contribution in [-0.2, 0) is 0 Å². The molecule has 0 spiro atoms. The van der Waals surface area contributed by atoms with Crippen molar-refractivity contribution < 1.29 is 4.39 Å². The molecule has 0 saturated heterocycles. The predicted octanol–water partition coefficient (Wildman–Crippen LogP) is 3.38. The molecule has 4 rings (SSSR count). The van der Waals surface area contributed by atoms with Crippen LogP contribution in [0.3, 0.4) is 0 Å². The number of benzene rings is 1. The SMILES string of the molecule is CN(c1cnc2c(-c3cccc(Cl)c3F)[nH]nc2n1)[C@@H]1CCC[C@@H]1CN. The van der Waals surface area contributed by atoms with E-state index >= 15 is 0 Å². The lowest BCUT2D eigenvalue weighted by molar-refractivity contribution is 0.472. The molecule has 1 aliphatic carbocycles. The first-order chi connectivity index (χ1) is 12.6. The highest BCUT2D eigenvalue weighted by Crippen LogP contribution is 2.33. The van der Waals surface area contributed by atoms with Gasteiger partial charge >= 0.3 is 0 Å². The van der Waals surface area contributed by atoms with Gasteiger partial charge in [0.2, 0.25) is 5.65 Å². The van der Waals surface area contributed by atoms with E-state index in [0.29, 0.717) is 40.9 Å². The number of H-pyrrole nitrogens is 1. The number of rotatable bonds is 4. The van der Waals surface area contributed by atoms with Crippen LogP contribution in [0.1, 0.15) is 19.3 Å². The summed E-state index contributed by atoms with van der Waals surface area (Å²) in [6, 6.07) is 5.19. The molecule has 3 N–H and O–H groups in total. The van der Waals surface area contributed by atoms with E-state index in [9.17, 15) is 4.39 Å². The average Bonchev–Trinajstić information content (AvgIpc) is 3.29. The van der Waals surface area contributed by atoms with Gasteiger partial charge < -0.3 is 10.6 Å². The molecule has 0 aliphatic heterocycles. The molecule has 1 aliphatic rings. The molecule has 6 nitrogen and oxygen atoms in total. The number of nitrogens with zero attached hydrogens (tertiary/aromatic N) is 4. The second-order valence-corrected chi connectivity index (χ2v) is 7.11. The summed E-state index contributed by atoms with van der Waals surface area (Å²) in [7, 11) is 2.01. The van der Waals surface area contributed by atoms with Crippen LogP contribution in [0.2, 0.25) is 5.02 Å². The van der Waals surface area contributed by atoms with Crippen molar-refractivity contribution in [3.8, 4) is 11.3 Å². The van der Waals surface area contributed by atoms with Crippen LogP contribution in [0.5, 0.6) is 0 Å². The Bertz CT molecular complexity index is 943. The van der Waals surface area contributed by atoms with E-state index in [4.69, 9.17) is 17.3 Å². The fraction of sp³-hybridized carbons (Fsp3) is 0.389. The second kappa shape index (κ2) is 6.81. The smallest absolute Gasteiger partial charge is 0.202 e. The lowest BCUT2D eigenvalue weighted by Crippen LogP contribution is -2.38. The average molecular weight is 375 g/mol. The Balaban J connectivity index is 1.71. The Labute approximate surface area is 155 Å². The lowest BCUT2D eigenvalue weighted by Gasteiger charge is -2.29. The van der Waals surface area contributed by atoms with Gasteiger partial charge in [-0.3, -0.25) is 5.10 Å². The second-order valence-electron chi connectivity index (χ2n) is 6.71. The van der Waals surface area contributed by atoms with Crippen LogP contribution < -0.4 is 10.6 Å². The number of nitrogens with one attached hydrogen (secondary N) is 1. The van der Waals surface area contributed by atoms with Gasteiger partial charge in [0.05, 0.1) is 16.9 Å². The first kappa shape index (κ1) is 17.2. The Morgan fingerprint density at radius 1 is 1.38 bits per heavy atom. The van der Waals surface area contributed by atoms with Crippen LogP contribution in [0.15, 0.2) is 24.4 Å². The maximum atomic E-state index is 14.3. The van der Waals surface area contributed by atoms with Gasteiger partial charge in [-0.1, -0.05) is 24.1 Å². The molecule has 1 aromatic carbocycles. The molecule has 2 aromatic heterocycles. The van der Waals surface area contributed by atoms with Crippen LogP contribution >= 0.6 is 11.6 Å². The number of anilines is 1. The van der Waals surface area contributed by atoms with E-state index in [1.54, 1.807) is 18.3 Å². The van der Waals surface area contributed by atoms with Crippen LogP contribution in [-0.4, -0.2) is 39.8 Å². The van der Waals surface area contributed by atoms with Crippen molar-refractivity contribution in [2.24, 2.45) is 11.7 Å². The van der Waals surface area contributed by atoms with Gasteiger partial charge in [-0.05, 0) is 37.4 Å². The molecule has 3 aromatic rings. The zero-order valence-electron chi connectivity index (χ0n) is 14.4. The van der Waals surface area contributed by atoms with Crippen LogP contribution in [0, 0.1) is 11.7 Å². The topological polar surface area (TPSA) is 83.7 Å². The lowest BCUT2D eigenvalue weighted by atomic mass is 10.0. The summed E-state index contributed by atoms with van der Waals surface area (Å²) in [6.45, 7) is 0.672. The van der Waals surface area contributed by atoms with E-state index < -0.39 is 5.82 Å². The summed E-state index contributed by atoms with van der Waals surface area (Å²) in [5.74, 6) is 0.708. The molecular formula is C18H20ClFN6. The van der Waals surface area contributed by atoms with Gasteiger partial charge in [0.1, 0.15) is 11.3 Å². The Kier molecular flexibility index (Phi) is 4.50. The zero-order chi connectivity index (χ0) is 18.3. The highest BCUT2D eigenvalue weighted by molar-refractivity contribution is 6.31. The summed E-state index contributed by atoms with van der Waals surface area (Å²) in [5.41, 5.74) is 7.67. The molecular weight excluding hydrogens is 355 g/mol. The highest BCUT2D eigenvalue weighted by atomic mass is 35.5. The number of nitrogens with two attached hydrogens (primary N) is 1. The van der Waals surface area contributed by atoms with Crippen LogP contribution in [0.25, 0.3) is 22.4 Å². The minimum absolute atomic E-state index is 0.0589. The number of halogens is 2. The third-order valence-electron chi connectivity index (χ3n) is 5.25. The number of aromatic nitrogens is 4. The fourth-order valence-corrected chi connectivity index (χ4v) is 3.99. The van der Waals surface area contributed by atoms with Crippen molar-refractivity contribution in [2.75, 3.05) is 18.5 Å². The van der Waals surface area contributed by atoms with E-state index in [-0.39, 0.29) is 5.02 Å². The Hall–Kier alpha value is -2.25. The fourth-order valence-electron chi connectivity index (χ4n) is 3.81. The molecule has 26 heavy (non-hydrogen) atoms. The molecule has 0 bridgehead atoms. The molecule has 0 radical (unpaired) electrons. The van der Waals surface area contributed by atoms with Gasteiger partial charge in [-0.15, -0.1) is 0 Å². The Morgan fingerprint density at radius 2 is 2.23 bits per heavy atom. The predicted molar refractivity (Wildman–Crippen MR) is 101 cm³/mol. The van der Waals surface area contributed by atoms with Crippen molar-refractivity contribution in [1.29, 1.82) is 0 Å². The van der Waals surface area contributed by atoms with Crippen molar-refractivity contribution >= 4 is 28.6 Å². The quantitative estimate of drug-likeness (QED) is 0.731. The molecule has 1 saturated carbocycles. The first-order valence-corrected chi connectivity index (χ1v) is 9.06. The van der Waals surface area contributed by atoms with Crippen LogP contribution in [0.4, 0.5) is 10.2 Å². The molecule has 0 amide bonds. The summed E-state index contributed by atoms with van der Waals surface area (Å²) < 4.78 is 14.3. The molecule has 2 heterocycles. The maximum Gasteiger partial charge on any atom is 0.202 e. The van der Waals surface area contributed by atoms with E-state index in [1.807, 2.05) is 7.05 Å². The van der Waals surface area contributed by atoms with Crippen molar-refractivity contribution in [2.45, 2.75) is 25.3 Å². The molecule has 0 unspecified atom stereocenters. The number of fused-ring (bicyclic) bond motifs is 1. The van der Waals surface area contributed by atoms with E-state index in [0.717, 1.165) is 18.7 Å². The third-order valence-corrected chi connectivity index (χ3v) is 5.55. The molecule has 136 valence electrons. The third kappa shape index (κ3) is 2.81. The number of hydrogen-bond donors (Lipinski definition) is 2. The molecule has 2 atom stereocenters. The normalized spacial score (nSPS) is 20.0. The van der Waals surface area contributed by atoms with Gasteiger partial charge in [0, 0.05) is 18.7 Å². The van der Waals surface area contributed by atoms with Gasteiger partial charge in [0.15, 0.2) is 5.82 Å². The summed E-state index contributed by atoms with van der Waals surface area (Å²) in [6.07, 6.45) is 5.11. The molecule has 8 heteroatoms. The monoisotopic (exact) mass is 374 g/mol. The standard InChI is InChI=1S/C18H20ClFN6/c1-26(13-7-2-4-10(13)8-21)14-9-22-17-16(24-25-18(17)23-14)11-5-3-6-12(19)15(11)20/h3,5-6,9-10,13H,2,4,7-8,21H2,1H3,(H,23,24,25)/t10-,13-/m1/s1.